The second-order valence-electron chi connectivity index (χ2n) is 6.90. The van der Waals surface area contributed by atoms with Gasteiger partial charge in [-0.3, -0.25) is 25.0 Å². The van der Waals surface area contributed by atoms with Crippen molar-refractivity contribution in [1.82, 2.24) is 0 Å². The Morgan fingerprint density at radius 3 is 2.54 bits per heavy atom. The van der Waals surface area contributed by atoms with Crippen molar-refractivity contribution in [2.24, 2.45) is 5.41 Å². The van der Waals surface area contributed by atoms with E-state index in [9.17, 15) is 25.0 Å². The molecular weight excluding hydrogens is 316 g/mol. The molecule has 1 heterocycles. The molecule has 2 unspecified atom stereocenters. The van der Waals surface area contributed by atoms with Crippen LogP contribution in [0.1, 0.15) is 38.2 Å². The minimum Gasteiger partial charge on any atom is -0.433 e. The fourth-order valence-electron chi connectivity index (χ4n) is 3.41. The number of hydrogen-bond acceptors (Lipinski definition) is 6. The van der Waals surface area contributed by atoms with E-state index in [1.807, 2.05) is 13.8 Å². The summed E-state index contributed by atoms with van der Waals surface area (Å²) in [5.74, 6) is -0.768. The van der Waals surface area contributed by atoms with E-state index >= 15 is 0 Å². The van der Waals surface area contributed by atoms with Crippen LogP contribution in [0.3, 0.4) is 0 Å². The smallest absolute Gasteiger partial charge is 0.364 e. The van der Waals surface area contributed by atoms with Crippen molar-refractivity contribution in [3.63, 3.8) is 0 Å². The molecule has 0 aromatic heterocycles. The molecule has 2 aliphatic rings. The summed E-state index contributed by atoms with van der Waals surface area (Å²) in [6.45, 7) is 3.81. The number of benzene rings is 1. The predicted octanol–water partition coefficient (Wildman–Crippen LogP) is 2.95. The molecule has 126 valence electrons. The highest BCUT2D eigenvalue weighted by Crippen LogP contribution is 2.49. The highest BCUT2D eigenvalue weighted by atomic mass is 16.7. The number of nitro groups is 2. The van der Waals surface area contributed by atoms with E-state index in [1.54, 1.807) is 6.07 Å². The van der Waals surface area contributed by atoms with Gasteiger partial charge in [0.15, 0.2) is 5.78 Å². The van der Waals surface area contributed by atoms with Gasteiger partial charge in [-0.2, -0.15) is 0 Å². The molecule has 1 aromatic carbocycles. The third kappa shape index (κ3) is 2.64. The molecule has 0 saturated carbocycles. The molecule has 0 radical (unpaired) electrons. The zero-order chi connectivity index (χ0) is 17.6. The number of ether oxygens (including phenoxy) is 1. The fourth-order valence-corrected chi connectivity index (χ4v) is 3.41. The van der Waals surface area contributed by atoms with Crippen molar-refractivity contribution >= 4 is 11.5 Å². The molecule has 1 aliphatic carbocycles. The summed E-state index contributed by atoms with van der Waals surface area (Å²) >= 11 is 0. The first-order valence-corrected chi connectivity index (χ1v) is 7.50. The number of allylic oxidation sites excluding steroid dienone is 1. The number of ketones is 1. The number of nitro benzene ring substituents is 1. The van der Waals surface area contributed by atoms with Gasteiger partial charge in [0, 0.05) is 25.0 Å². The summed E-state index contributed by atoms with van der Waals surface area (Å²) in [7, 11) is 0. The van der Waals surface area contributed by atoms with Crippen molar-refractivity contribution in [2.45, 2.75) is 38.8 Å². The van der Waals surface area contributed by atoms with E-state index in [0.29, 0.717) is 17.7 Å². The average molecular weight is 332 g/mol. The molecule has 2 atom stereocenters. The average Bonchev–Trinajstić information content (AvgIpc) is 2.85. The maximum Gasteiger partial charge on any atom is 0.364 e. The molecule has 1 aromatic rings. The van der Waals surface area contributed by atoms with Crippen molar-refractivity contribution in [3.8, 4) is 0 Å². The Labute approximate surface area is 137 Å². The number of hydrogen-bond donors (Lipinski definition) is 0. The van der Waals surface area contributed by atoms with Gasteiger partial charge in [-0.25, -0.2) is 0 Å². The second kappa shape index (κ2) is 5.40. The number of carbonyl (C=O) groups is 1. The van der Waals surface area contributed by atoms with Crippen LogP contribution in [0, 0.1) is 25.6 Å². The Kier molecular flexibility index (Phi) is 3.62. The van der Waals surface area contributed by atoms with Crippen LogP contribution in [0.2, 0.25) is 0 Å². The molecule has 24 heavy (non-hydrogen) atoms. The van der Waals surface area contributed by atoms with E-state index in [1.165, 1.54) is 18.2 Å². The predicted molar refractivity (Wildman–Crippen MR) is 82.8 cm³/mol. The molecule has 8 nitrogen and oxygen atoms in total. The van der Waals surface area contributed by atoms with Crippen molar-refractivity contribution in [3.05, 3.63) is 61.4 Å². The van der Waals surface area contributed by atoms with Crippen LogP contribution in [0.25, 0.3) is 0 Å². The number of Topliss-reactive ketones (excluding diaryl/α,β-unsaturated/α-hetero) is 1. The summed E-state index contributed by atoms with van der Waals surface area (Å²) in [4.78, 5) is 33.8. The zero-order valence-electron chi connectivity index (χ0n) is 13.2. The molecule has 0 bridgehead atoms. The standard InChI is InChI=1S/C16H16N2O6/c1-16(2)7-11(19)14-12(8-16)24-15(18(22)23)13(14)9-4-3-5-10(6-9)17(20)21/h3-6,13,15H,7-8H2,1-2H3. The first kappa shape index (κ1) is 16.1. The van der Waals surface area contributed by atoms with Crippen LogP contribution in [0.15, 0.2) is 35.6 Å². The van der Waals surface area contributed by atoms with Crippen LogP contribution >= 0.6 is 0 Å². The van der Waals surface area contributed by atoms with Crippen LogP contribution < -0.4 is 0 Å². The van der Waals surface area contributed by atoms with E-state index in [-0.39, 0.29) is 28.9 Å². The van der Waals surface area contributed by atoms with Gasteiger partial charge in [-0.1, -0.05) is 26.0 Å². The molecule has 0 spiro atoms. The highest BCUT2D eigenvalue weighted by molar-refractivity contribution is 5.99. The SMILES string of the molecule is CC1(C)CC(=O)C2=C(C1)OC([N+](=O)[O-])C2c1cccc([N+](=O)[O-])c1. The summed E-state index contributed by atoms with van der Waals surface area (Å²) in [5.41, 5.74) is 0.141. The molecule has 0 amide bonds. The third-order valence-electron chi connectivity index (χ3n) is 4.39. The Bertz CT molecular complexity index is 783. The normalized spacial score (nSPS) is 25.2. The molecule has 3 rings (SSSR count). The Hall–Kier alpha value is -2.77. The number of nitrogens with zero attached hydrogens (tertiary/aromatic N) is 2. The minimum absolute atomic E-state index is 0.174. The Balaban J connectivity index is 2.10. The lowest BCUT2D eigenvalue weighted by atomic mass is 9.73. The van der Waals surface area contributed by atoms with Crippen molar-refractivity contribution in [1.29, 1.82) is 0 Å². The lowest BCUT2D eigenvalue weighted by Gasteiger charge is -2.28. The Morgan fingerprint density at radius 1 is 1.21 bits per heavy atom. The van der Waals surface area contributed by atoms with Gasteiger partial charge in [0.1, 0.15) is 11.7 Å². The first-order chi connectivity index (χ1) is 11.2. The highest BCUT2D eigenvalue weighted by Gasteiger charge is 2.51. The van der Waals surface area contributed by atoms with Crippen LogP contribution in [-0.2, 0) is 9.53 Å². The van der Waals surface area contributed by atoms with Gasteiger partial charge in [0.25, 0.3) is 5.69 Å². The van der Waals surface area contributed by atoms with E-state index < -0.39 is 22.0 Å². The van der Waals surface area contributed by atoms with E-state index in [4.69, 9.17) is 4.74 Å². The summed E-state index contributed by atoms with van der Waals surface area (Å²) in [6, 6.07) is 5.59. The lowest BCUT2D eigenvalue weighted by Crippen LogP contribution is -2.28. The zero-order valence-corrected chi connectivity index (χ0v) is 13.2. The number of carbonyl (C=O) groups excluding carboxylic acids is 1. The third-order valence-corrected chi connectivity index (χ3v) is 4.39. The quantitative estimate of drug-likeness (QED) is 0.621. The number of rotatable bonds is 3. The topological polar surface area (TPSA) is 113 Å². The molecule has 1 aliphatic heterocycles. The van der Waals surface area contributed by atoms with Gasteiger partial charge in [-0.05, 0) is 11.0 Å². The summed E-state index contributed by atoms with van der Waals surface area (Å²) in [5, 5.41) is 22.4. The van der Waals surface area contributed by atoms with Gasteiger partial charge < -0.3 is 4.74 Å². The first-order valence-electron chi connectivity index (χ1n) is 7.50. The monoisotopic (exact) mass is 332 g/mol. The number of non-ortho nitro benzene ring substituents is 1. The summed E-state index contributed by atoms with van der Waals surface area (Å²) < 4.78 is 5.49. The maximum atomic E-state index is 12.6. The maximum absolute atomic E-state index is 12.6. The molecule has 8 heteroatoms. The largest absolute Gasteiger partial charge is 0.433 e. The molecule has 0 N–H and O–H groups in total. The van der Waals surface area contributed by atoms with Crippen molar-refractivity contribution < 1.29 is 19.4 Å². The second-order valence-corrected chi connectivity index (χ2v) is 6.90. The summed E-state index contributed by atoms with van der Waals surface area (Å²) in [6.07, 6.45) is -0.732. The van der Waals surface area contributed by atoms with Crippen molar-refractivity contribution in [2.75, 3.05) is 0 Å². The van der Waals surface area contributed by atoms with Crippen LogP contribution in [-0.4, -0.2) is 21.9 Å². The van der Waals surface area contributed by atoms with Crippen LogP contribution in [0.5, 0.6) is 0 Å². The van der Waals surface area contributed by atoms with E-state index in [0.717, 1.165) is 0 Å². The minimum atomic E-state index is -1.44. The Morgan fingerprint density at radius 2 is 1.92 bits per heavy atom. The van der Waals surface area contributed by atoms with E-state index in [2.05, 4.69) is 0 Å². The van der Waals surface area contributed by atoms with Gasteiger partial charge in [0.2, 0.25) is 0 Å². The van der Waals surface area contributed by atoms with Gasteiger partial charge in [-0.15, -0.1) is 0 Å². The van der Waals surface area contributed by atoms with Gasteiger partial charge >= 0.3 is 6.23 Å². The molecular formula is C16H16N2O6. The molecule has 0 fully saturated rings. The van der Waals surface area contributed by atoms with Crippen LogP contribution in [0.4, 0.5) is 5.69 Å². The fraction of sp³-hybridized carbons (Fsp3) is 0.438. The van der Waals surface area contributed by atoms with Gasteiger partial charge in [0.05, 0.1) is 15.4 Å². The lowest BCUT2D eigenvalue weighted by molar-refractivity contribution is -0.570. The molecule has 0 saturated heterocycles.